The summed E-state index contributed by atoms with van der Waals surface area (Å²) in [6, 6.07) is 6.97. The van der Waals surface area contributed by atoms with Crippen LogP contribution in [0.15, 0.2) is 18.2 Å². The largest absolute Gasteiger partial charge is 0.368 e. The van der Waals surface area contributed by atoms with Crippen LogP contribution in [0.4, 0.5) is 5.69 Å². The molecule has 0 amide bonds. The normalized spacial score (nSPS) is 15.2. The summed E-state index contributed by atoms with van der Waals surface area (Å²) in [7, 11) is 1.99. The first kappa shape index (κ1) is 13.7. The maximum absolute atomic E-state index is 6.18. The van der Waals surface area contributed by atoms with Gasteiger partial charge in [0.05, 0.1) is 0 Å². The van der Waals surface area contributed by atoms with Gasteiger partial charge in [-0.05, 0) is 43.5 Å². The molecule has 1 aromatic carbocycles. The summed E-state index contributed by atoms with van der Waals surface area (Å²) >= 11 is 6.18. The van der Waals surface area contributed by atoms with E-state index in [-0.39, 0.29) is 0 Å². The minimum Gasteiger partial charge on any atom is -0.368 e. The zero-order valence-corrected chi connectivity index (χ0v) is 12.3. The fraction of sp³-hybridized carbons (Fsp3) is 0.600. The van der Waals surface area contributed by atoms with Gasteiger partial charge >= 0.3 is 0 Å². The number of nitrogens with zero attached hydrogens (tertiary/aromatic N) is 1. The molecule has 2 rings (SSSR count). The molecule has 0 aromatic heterocycles. The third kappa shape index (κ3) is 3.39. The number of halogens is 1. The summed E-state index contributed by atoms with van der Waals surface area (Å²) in [6.07, 6.45) is 2.64. The lowest BCUT2D eigenvalue weighted by Crippen LogP contribution is -2.31. The van der Waals surface area contributed by atoms with Crippen LogP contribution in [-0.2, 0) is 6.54 Å². The maximum Gasteiger partial charge on any atom is 0.0429 e. The van der Waals surface area contributed by atoms with E-state index in [9.17, 15) is 0 Å². The van der Waals surface area contributed by atoms with Crippen molar-refractivity contribution in [2.24, 2.45) is 5.92 Å². The van der Waals surface area contributed by atoms with Crippen LogP contribution in [0.3, 0.4) is 0 Å². The molecule has 100 valence electrons. The standard InChI is InChI=1S/C15H23ClN2/c1-11(2)10-18(14-6-7-14)15-8-13(16)5-4-12(15)9-17-3/h4-5,8,11,14,17H,6-7,9-10H2,1-3H3. The molecular formula is C15H23ClN2. The van der Waals surface area contributed by atoms with Gasteiger partial charge in [0, 0.05) is 29.8 Å². The van der Waals surface area contributed by atoms with Gasteiger partial charge in [-0.25, -0.2) is 0 Å². The highest BCUT2D eigenvalue weighted by atomic mass is 35.5. The first-order chi connectivity index (χ1) is 8.61. The Bertz CT molecular complexity index is 399. The van der Waals surface area contributed by atoms with Crippen molar-refractivity contribution in [3.63, 3.8) is 0 Å². The monoisotopic (exact) mass is 266 g/mol. The Balaban J connectivity index is 2.29. The average molecular weight is 267 g/mol. The molecule has 0 spiro atoms. The highest BCUT2D eigenvalue weighted by molar-refractivity contribution is 6.30. The Labute approximate surface area is 115 Å². The van der Waals surface area contributed by atoms with Crippen molar-refractivity contribution in [1.82, 2.24) is 5.32 Å². The van der Waals surface area contributed by atoms with Gasteiger partial charge in [0.2, 0.25) is 0 Å². The van der Waals surface area contributed by atoms with E-state index in [4.69, 9.17) is 11.6 Å². The number of benzene rings is 1. The molecule has 1 aliphatic carbocycles. The molecule has 1 N–H and O–H groups in total. The zero-order chi connectivity index (χ0) is 13.1. The molecular weight excluding hydrogens is 244 g/mol. The molecule has 0 saturated heterocycles. The Hall–Kier alpha value is -0.730. The van der Waals surface area contributed by atoms with Gasteiger partial charge in [-0.1, -0.05) is 31.5 Å². The van der Waals surface area contributed by atoms with Crippen molar-refractivity contribution < 1.29 is 0 Å². The van der Waals surface area contributed by atoms with Gasteiger partial charge in [-0.3, -0.25) is 0 Å². The molecule has 1 saturated carbocycles. The summed E-state index contributed by atoms with van der Waals surface area (Å²) in [5.41, 5.74) is 2.66. The lowest BCUT2D eigenvalue weighted by atomic mass is 10.1. The van der Waals surface area contributed by atoms with Crippen molar-refractivity contribution in [2.75, 3.05) is 18.5 Å². The fourth-order valence-corrected chi connectivity index (χ4v) is 2.53. The van der Waals surface area contributed by atoms with E-state index in [1.54, 1.807) is 0 Å². The minimum absolute atomic E-state index is 0.673. The van der Waals surface area contributed by atoms with Crippen molar-refractivity contribution in [2.45, 2.75) is 39.3 Å². The van der Waals surface area contributed by atoms with Gasteiger partial charge in [-0.2, -0.15) is 0 Å². The molecule has 3 heteroatoms. The van der Waals surface area contributed by atoms with Crippen molar-refractivity contribution in [3.8, 4) is 0 Å². The molecule has 0 unspecified atom stereocenters. The Kier molecular flexibility index (Phi) is 4.52. The van der Waals surface area contributed by atoms with E-state index in [1.165, 1.54) is 24.1 Å². The molecule has 0 radical (unpaired) electrons. The Morgan fingerprint density at radius 1 is 1.39 bits per heavy atom. The van der Waals surface area contributed by atoms with E-state index in [1.807, 2.05) is 13.1 Å². The molecule has 1 aliphatic rings. The molecule has 1 fully saturated rings. The van der Waals surface area contributed by atoms with Crippen LogP contribution in [-0.4, -0.2) is 19.6 Å². The molecule has 0 bridgehead atoms. The smallest absolute Gasteiger partial charge is 0.0429 e. The van der Waals surface area contributed by atoms with Gasteiger partial charge in [-0.15, -0.1) is 0 Å². The van der Waals surface area contributed by atoms with E-state index in [2.05, 4.69) is 36.2 Å². The summed E-state index contributed by atoms with van der Waals surface area (Å²) in [6.45, 7) is 6.56. The highest BCUT2D eigenvalue weighted by Crippen LogP contribution is 2.35. The SMILES string of the molecule is CNCc1ccc(Cl)cc1N(CC(C)C)C1CC1. The van der Waals surface area contributed by atoms with Crippen LogP contribution in [0.5, 0.6) is 0 Å². The minimum atomic E-state index is 0.673. The maximum atomic E-state index is 6.18. The predicted molar refractivity (Wildman–Crippen MR) is 79.4 cm³/mol. The lowest BCUT2D eigenvalue weighted by Gasteiger charge is -2.29. The molecule has 18 heavy (non-hydrogen) atoms. The molecule has 2 nitrogen and oxygen atoms in total. The molecule has 0 heterocycles. The van der Waals surface area contributed by atoms with Crippen LogP contribution < -0.4 is 10.2 Å². The van der Waals surface area contributed by atoms with Crippen LogP contribution in [0.2, 0.25) is 5.02 Å². The second-order valence-corrected chi connectivity index (χ2v) is 6.02. The quantitative estimate of drug-likeness (QED) is 0.845. The summed E-state index contributed by atoms with van der Waals surface area (Å²) in [5.74, 6) is 0.673. The number of hydrogen-bond donors (Lipinski definition) is 1. The Morgan fingerprint density at radius 2 is 2.11 bits per heavy atom. The van der Waals surface area contributed by atoms with Crippen LogP contribution in [0.25, 0.3) is 0 Å². The predicted octanol–water partition coefficient (Wildman–Crippen LogP) is 3.68. The Morgan fingerprint density at radius 3 is 2.67 bits per heavy atom. The number of rotatable bonds is 6. The van der Waals surface area contributed by atoms with Gasteiger partial charge in [0.1, 0.15) is 0 Å². The first-order valence-corrected chi connectivity index (χ1v) is 7.19. The first-order valence-electron chi connectivity index (χ1n) is 6.81. The van der Waals surface area contributed by atoms with Gasteiger partial charge < -0.3 is 10.2 Å². The van der Waals surface area contributed by atoms with E-state index >= 15 is 0 Å². The van der Waals surface area contributed by atoms with Crippen LogP contribution >= 0.6 is 11.6 Å². The topological polar surface area (TPSA) is 15.3 Å². The lowest BCUT2D eigenvalue weighted by molar-refractivity contribution is 0.604. The molecule has 0 atom stereocenters. The van der Waals surface area contributed by atoms with Crippen molar-refractivity contribution in [1.29, 1.82) is 0 Å². The second-order valence-electron chi connectivity index (χ2n) is 5.58. The zero-order valence-electron chi connectivity index (χ0n) is 11.5. The number of hydrogen-bond acceptors (Lipinski definition) is 2. The number of nitrogens with one attached hydrogen (secondary N) is 1. The van der Waals surface area contributed by atoms with E-state index < -0.39 is 0 Å². The van der Waals surface area contributed by atoms with Crippen LogP contribution in [0, 0.1) is 5.92 Å². The van der Waals surface area contributed by atoms with Gasteiger partial charge in [0.25, 0.3) is 0 Å². The highest BCUT2D eigenvalue weighted by Gasteiger charge is 2.30. The second kappa shape index (κ2) is 5.94. The average Bonchev–Trinajstić information content (AvgIpc) is 3.12. The molecule has 0 aliphatic heterocycles. The van der Waals surface area contributed by atoms with E-state index in [0.29, 0.717) is 5.92 Å². The van der Waals surface area contributed by atoms with Crippen LogP contribution in [0.1, 0.15) is 32.3 Å². The summed E-state index contributed by atoms with van der Waals surface area (Å²) < 4.78 is 0. The number of anilines is 1. The molecule has 1 aromatic rings. The summed E-state index contributed by atoms with van der Waals surface area (Å²) in [4.78, 5) is 2.54. The fourth-order valence-electron chi connectivity index (χ4n) is 2.37. The third-order valence-corrected chi connectivity index (χ3v) is 3.51. The van der Waals surface area contributed by atoms with Crippen molar-refractivity contribution in [3.05, 3.63) is 28.8 Å². The van der Waals surface area contributed by atoms with Crippen molar-refractivity contribution >= 4 is 17.3 Å². The third-order valence-electron chi connectivity index (χ3n) is 3.27. The van der Waals surface area contributed by atoms with E-state index in [0.717, 1.165) is 24.2 Å². The van der Waals surface area contributed by atoms with Gasteiger partial charge in [0.15, 0.2) is 0 Å². The summed E-state index contributed by atoms with van der Waals surface area (Å²) in [5, 5.41) is 4.07.